The number of carbonyl (C=O) groups is 2. The summed E-state index contributed by atoms with van der Waals surface area (Å²) in [6.45, 7) is 0. The maximum atomic E-state index is 12.3. The molecule has 9 heteroatoms. The fraction of sp³-hybridized carbons (Fsp3) is 0. The molecule has 2 N–H and O–H groups in total. The number of hydrogen-bond acceptors (Lipinski definition) is 5. The smallest absolute Gasteiger partial charge is 0.336 e. The quantitative estimate of drug-likeness (QED) is 0.478. The van der Waals surface area contributed by atoms with Gasteiger partial charge in [0.2, 0.25) is 0 Å². The van der Waals surface area contributed by atoms with Crippen LogP contribution in [0.5, 0.6) is 0 Å². The molecular formula is C21H12Cl2N2O4S. The molecule has 0 aliphatic carbocycles. The Kier molecular flexibility index (Phi) is 5.67. The average Bonchev–Trinajstić information content (AvgIpc) is 3.32. The van der Waals surface area contributed by atoms with Gasteiger partial charge in [-0.25, -0.2) is 9.79 Å². The number of thioether (sulfide) groups is 1. The first kappa shape index (κ1) is 20.3. The molecule has 0 radical (unpaired) electrons. The third kappa shape index (κ3) is 4.14. The zero-order valence-electron chi connectivity index (χ0n) is 15.1. The Morgan fingerprint density at radius 2 is 1.90 bits per heavy atom. The molecule has 2 aromatic carbocycles. The normalized spacial score (nSPS) is 16.3. The molecule has 3 aromatic rings. The number of aliphatic imine (C=N–C) groups is 1. The number of carboxylic acids is 1. The number of furan rings is 1. The van der Waals surface area contributed by atoms with E-state index in [1.807, 2.05) is 0 Å². The number of carboxylic acid groups (broad SMARTS) is 1. The SMILES string of the molecule is O=C1NC(=Nc2cccc(Cl)c2Cl)S/C1=C\c1ccc(-c2ccccc2C(=O)O)o1. The van der Waals surface area contributed by atoms with E-state index >= 15 is 0 Å². The Labute approximate surface area is 185 Å². The summed E-state index contributed by atoms with van der Waals surface area (Å²) in [4.78, 5) is 28.4. The van der Waals surface area contributed by atoms with E-state index < -0.39 is 5.97 Å². The van der Waals surface area contributed by atoms with Crippen LogP contribution in [0.3, 0.4) is 0 Å². The lowest BCUT2D eigenvalue weighted by Crippen LogP contribution is -2.19. The highest BCUT2D eigenvalue weighted by molar-refractivity contribution is 8.18. The summed E-state index contributed by atoms with van der Waals surface area (Å²) in [6, 6.07) is 14.9. The largest absolute Gasteiger partial charge is 0.478 e. The molecular weight excluding hydrogens is 447 g/mol. The van der Waals surface area contributed by atoms with Crippen LogP contribution in [-0.2, 0) is 4.79 Å². The number of aromatic carboxylic acids is 1. The van der Waals surface area contributed by atoms with E-state index in [1.165, 1.54) is 6.07 Å². The second-order valence-electron chi connectivity index (χ2n) is 6.11. The van der Waals surface area contributed by atoms with Gasteiger partial charge in [-0.05, 0) is 42.1 Å². The van der Waals surface area contributed by atoms with Crippen molar-refractivity contribution in [3.63, 3.8) is 0 Å². The van der Waals surface area contributed by atoms with Crippen molar-refractivity contribution in [1.82, 2.24) is 5.32 Å². The first-order chi connectivity index (χ1) is 14.4. The molecule has 0 unspecified atom stereocenters. The topological polar surface area (TPSA) is 91.9 Å². The summed E-state index contributed by atoms with van der Waals surface area (Å²) in [7, 11) is 0. The number of amides is 1. The lowest BCUT2D eigenvalue weighted by molar-refractivity contribution is -0.115. The van der Waals surface area contributed by atoms with Gasteiger partial charge in [-0.1, -0.05) is 47.5 Å². The van der Waals surface area contributed by atoms with Crippen molar-refractivity contribution in [3.8, 4) is 11.3 Å². The van der Waals surface area contributed by atoms with Crippen molar-refractivity contribution in [2.45, 2.75) is 0 Å². The predicted molar refractivity (Wildman–Crippen MR) is 118 cm³/mol. The van der Waals surface area contributed by atoms with Crippen LogP contribution in [0.2, 0.25) is 10.0 Å². The number of hydrogen-bond donors (Lipinski definition) is 2. The van der Waals surface area contributed by atoms with Gasteiger partial charge >= 0.3 is 5.97 Å². The van der Waals surface area contributed by atoms with Crippen LogP contribution in [0.1, 0.15) is 16.1 Å². The fourth-order valence-electron chi connectivity index (χ4n) is 2.76. The second-order valence-corrected chi connectivity index (χ2v) is 7.92. The zero-order chi connectivity index (χ0) is 21.3. The zero-order valence-corrected chi connectivity index (χ0v) is 17.4. The highest BCUT2D eigenvalue weighted by Crippen LogP contribution is 2.35. The van der Waals surface area contributed by atoms with Crippen molar-refractivity contribution in [2.75, 3.05) is 0 Å². The Hall–Kier alpha value is -3.00. The molecule has 1 saturated heterocycles. The molecule has 0 bridgehead atoms. The molecule has 0 saturated carbocycles. The summed E-state index contributed by atoms with van der Waals surface area (Å²) >= 11 is 13.3. The van der Waals surface area contributed by atoms with E-state index in [0.717, 1.165) is 11.8 Å². The van der Waals surface area contributed by atoms with Crippen LogP contribution < -0.4 is 5.32 Å². The fourth-order valence-corrected chi connectivity index (χ4v) is 3.91. The number of rotatable bonds is 4. The summed E-state index contributed by atoms with van der Waals surface area (Å²) in [5.41, 5.74) is 1.03. The molecule has 1 aliphatic rings. The molecule has 150 valence electrons. The summed E-state index contributed by atoms with van der Waals surface area (Å²) < 4.78 is 5.75. The van der Waals surface area contributed by atoms with Crippen molar-refractivity contribution < 1.29 is 19.1 Å². The Balaban J connectivity index is 1.60. The minimum Gasteiger partial charge on any atom is -0.478 e. The lowest BCUT2D eigenvalue weighted by Gasteiger charge is -2.02. The molecule has 1 fully saturated rings. The minimum absolute atomic E-state index is 0.131. The van der Waals surface area contributed by atoms with Crippen molar-refractivity contribution in [2.24, 2.45) is 4.99 Å². The maximum absolute atomic E-state index is 12.3. The summed E-state index contributed by atoms with van der Waals surface area (Å²) in [5.74, 6) is -0.582. The van der Waals surface area contributed by atoms with E-state index in [0.29, 0.717) is 42.9 Å². The molecule has 4 rings (SSSR count). The Bertz CT molecular complexity index is 1230. The van der Waals surface area contributed by atoms with Gasteiger partial charge in [-0.2, -0.15) is 0 Å². The van der Waals surface area contributed by atoms with Crippen LogP contribution in [0.25, 0.3) is 17.4 Å². The van der Waals surface area contributed by atoms with Crippen LogP contribution in [0.15, 0.2) is 68.9 Å². The first-order valence-corrected chi connectivity index (χ1v) is 10.2. The van der Waals surface area contributed by atoms with Crippen molar-refractivity contribution in [1.29, 1.82) is 0 Å². The van der Waals surface area contributed by atoms with Crippen molar-refractivity contribution in [3.05, 3.63) is 80.9 Å². The number of nitrogens with zero attached hydrogens (tertiary/aromatic N) is 1. The minimum atomic E-state index is -1.05. The van der Waals surface area contributed by atoms with E-state index in [9.17, 15) is 14.7 Å². The number of amidine groups is 1. The molecule has 1 aliphatic heterocycles. The monoisotopic (exact) mass is 458 g/mol. The molecule has 0 spiro atoms. The van der Waals surface area contributed by atoms with E-state index in [4.69, 9.17) is 27.6 Å². The third-order valence-corrected chi connectivity index (χ3v) is 5.85. The van der Waals surface area contributed by atoms with Gasteiger partial charge in [0.25, 0.3) is 5.91 Å². The molecule has 1 aromatic heterocycles. The van der Waals surface area contributed by atoms with Gasteiger partial charge in [0.1, 0.15) is 11.5 Å². The number of benzene rings is 2. The summed E-state index contributed by atoms with van der Waals surface area (Å²) in [5, 5.41) is 13.0. The van der Waals surface area contributed by atoms with Crippen LogP contribution in [0, 0.1) is 0 Å². The molecule has 0 atom stereocenters. The number of nitrogens with one attached hydrogen (secondary N) is 1. The Morgan fingerprint density at radius 1 is 1.10 bits per heavy atom. The maximum Gasteiger partial charge on any atom is 0.336 e. The standard InChI is InChI=1S/C21H12Cl2N2O4S/c22-14-6-3-7-15(18(14)23)24-21-25-19(26)17(30-21)10-11-8-9-16(29-11)12-4-1-2-5-13(12)20(27)28/h1-10H,(H,27,28)(H,24,25,26)/b17-10-. The third-order valence-electron chi connectivity index (χ3n) is 4.13. The van der Waals surface area contributed by atoms with E-state index in [2.05, 4.69) is 10.3 Å². The highest BCUT2D eigenvalue weighted by Gasteiger charge is 2.25. The van der Waals surface area contributed by atoms with Crippen molar-refractivity contribution >= 4 is 63.8 Å². The van der Waals surface area contributed by atoms with Gasteiger partial charge in [0.05, 0.1) is 26.2 Å². The van der Waals surface area contributed by atoms with Gasteiger partial charge in [0, 0.05) is 11.6 Å². The van der Waals surface area contributed by atoms with E-state index in [1.54, 1.807) is 54.6 Å². The van der Waals surface area contributed by atoms with Gasteiger partial charge < -0.3 is 14.8 Å². The number of carbonyl (C=O) groups excluding carboxylic acids is 1. The van der Waals surface area contributed by atoms with Gasteiger partial charge in [-0.15, -0.1) is 0 Å². The second kappa shape index (κ2) is 8.39. The molecule has 6 nitrogen and oxygen atoms in total. The highest BCUT2D eigenvalue weighted by atomic mass is 35.5. The molecule has 1 amide bonds. The van der Waals surface area contributed by atoms with Gasteiger partial charge in [0.15, 0.2) is 5.17 Å². The molecule has 2 heterocycles. The number of halogens is 2. The van der Waals surface area contributed by atoms with Crippen LogP contribution in [0.4, 0.5) is 5.69 Å². The van der Waals surface area contributed by atoms with E-state index in [-0.39, 0.29) is 11.5 Å². The summed E-state index contributed by atoms with van der Waals surface area (Å²) in [6.07, 6.45) is 1.56. The van der Waals surface area contributed by atoms with Crippen LogP contribution >= 0.6 is 35.0 Å². The first-order valence-electron chi connectivity index (χ1n) is 8.58. The lowest BCUT2D eigenvalue weighted by atomic mass is 10.1. The van der Waals surface area contributed by atoms with Crippen LogP contribution in [-0.4, -0.2) is 22.2 Å². The van der Waals surface area contributed by atoms with Gasteiger partial charge in [-0.3, -0.25) is 4.79 Å². The molecule has 30 heavy (non-hydrogen) atoms. The average molecular weight is 459 g/mol. The predicted octanol–water partition coefficient (Wildman–Crippen LogP) is 5.84. The Morgan fingerprint density at radius 3 is 2.70 bits per heavy atom.